The fraction of sp³-hybridized carbons (Fsp3) is 0.100. The number of halogens is 1. The van der Waals surface area contributed by atoms with Gasteiger partial charge in [0, 0.05) is 6.20 Å². The van der Waals surface area contributed by atoms with Crippen molar-refractivity contribution in [3.8, 4) is 0 Å². The second-order valence-electron chi connectivity index (χ2n) is 2.15. The highest BCUT2D eigenvalue weighted by Gasteiger charge is 1.92. The van der Waals surface area contributed by atoms with Crippen LogP contribution in [0.2, 0.25) is 5.15 Å². The minimum Gasteiger partial charge on any atom is -0.245 e. The average molecular weight is 182 g/mol. The first kappa shape index (κ1) is 10.9. The van der Waals surface area contributed by atoms with E-state index >= 15 is 0 Å². The SMILES string of the molecule is C=C.C=C(C)c1ccnc(Cl)c1. The fourth-order valence-electron chi connectivity index (χ4n) is 0.668. The summed E-state index contributed by atoms with van der Waals surface area (Å²) in [7, 11) is 0. The molecule has 0 aromatic carbocycles. The van der Waals surface area contributed by atoms with Crippen molar-refractivity contribution in [3.05, 3.63) is 48.8 Å². The van der Waals surface area contributed by atoms with Gasteiger partial charge in [0.2, 0.25) is 0 Å². The summed E-state index contributed by atoms with van der Waals surface area (Å²) in [4.78, 5) is 3.85. The molecular weight excluding hydrogens is 170 g/mol. The number of hydrogen-bond acceptors (Lipinski definition) is 1. The van der Waals surface area contributed by atoms with Crippen molar-refractivity contribution in [2.45, 2.75) is 6.92 Å². The lowest BCUT2D eigenvalue weighted by Crippen LogP contribution is -1.79. The molecule has 64 valence electrons. The lowest BCUT2D eigenvalue weighted by molar-refractivity contribution is 1.31. The maximum absolute atomic E-state index is 5.64. The molecular formula is C10H12ClN. The molecule has 0 N–H and O–H groups in total. The van der Waals surface area contributed by atoms with Crippen LogP contribution in [0.4, 0.5) is 0 Å². The van der Waals surface area contributed by atoms with E-state index in [0.717, 1.165) is 11.1 Å². The summed E-state index contributed by atoms with van der Waals surface area (Å²) in [6.07, 6.45) is 1.67. The van der Waals surface area contributed by atoms with Crippen LogP contribution < -0.4 is 0 Å². The molecule has 0 aliphatic heterocycles. The smallest absolute Gasteiger partial charge is 0.129 e. The Morgan fingerprint density at radius 2 is 2.08 bits per heavy atom. The molecule has 0 aliphatic rings. The molecule has 0 amide bonds. The Labute approximate surface area is 78.4 Å². The van der Waals surface area contributed by atoms with Gasteiger partial charge >= 0.3 is 0 Å². The van der Waals surface area contributed by atoms with Crippen LogP contribution >= 0.6 is 11.6 Å². The van der Waals surface area contributed by atoms with Gasteiger partial charge in [0.1, 0.15) is 5.15 Å². The highest BCUT2D eigenvalue weighted by molar-refractivity contribution is 6.29. The van der Waals surface area contributed by atoms with Crippen molar-refractivity contribution in [1.29, 1.82) is 0 Å². The summed E-state index contributed by atoms with van der Waals surface area (Å²) in [6.45, 7) is 11.7. The van der Waals surface area contributed by atoms with Gasteiger partial charge < -0.3 is 0 Å². The largest absolute Gasteiger partial charge is 0.245 e. The molecule has 1 aromatic heterocycles. The van der Waals surface area contributed by atoms with Crippen LogP contribution in [0.15, 0.2) is 38.1 Å². The molecule has 0 aliphatic carbocycles. The summed E-state index contributed by atoms with van der Waals surface area (Å²) in [6, 6.07) is 3.68. The maximum atomic E-state index is 5.64. The fourth-order valence-corrected chi connectivity index (χ4v) is 0.842. The Morgan fingerprint density at radius 3 is 2.42 bits per heavy atom. The average Bonchev–Trinajstić information content (AvgIpc) is 2.08. The Bertz CT molecular complexity index is 268. The van der Waals surface area contributed by atoms with Crippen molar-refractivity contribution < 1.29 is 0 Å². The van der Waals surface area contributed by atoms with Gasteiger partial charge in [-0.15, -0.1) is 13.2 Å². The monoisotopic (exact) mass is 181 g/mol. The number of aromatic nitrogens is 1. The number of allylic oxidation sites excluding steroid dienone is 1. The number of pyridine rings is 1. The quantitative estimate of drug-likeness (QED) is 0.477. The lowest BCUT2D eigenvalue weighted by atomic mass is 10.1. The van der Waals surface area contributed by atoms with Crippen LogP contribution in [0.5, 0.6) is 0 Å². The van der Waals surface area contributed by atoms with Crippen LogP contribution in [0, 0.1) is 0 Å². The molecule has 1 rings (SSSR count). The summed E-state index contributed by atoms with van der Waals surface area (Å²) in [5.74, 6) is 0. The second-order valence-corrected chi connectivity index (χ2v) is 2.53. The molecule has 0 saturated carbocycles. The molecule has 0 unspecified atom stereocenters. The number of rotatable bonds is 1. The van der Waals surface area contributed by atoms with Crippen LogP contribution in [0.1, 0.15) is 12.5 Å². The third-order valence-electron chi connectivity index (χ3n) is 1.22. The molecule has 0 radical (unpaired) electrons. The van der Waals surface area contributed by atoms with E-state index in [2.05, 4.69) is 24.7 Å². The van der Waals surface area contributed by atoms with E-state index in [4.69, 9.17) is 11.6 Å². The van der Waals surface area contributed by atoms with Crippen molar-refractivity contribution in [2.24, 2.45) is 0 Å². The molecule has 0 bridgehead atoms. The predicted molar refractivity (Wildman–Crippen MR) is 55.2 cm³/mol. The van der Waals surface area contributed by atoms with Gasteiger partial charge in [0.15, 0.2) is 0 Å². The van der Waals surface area contributed by atoms with Gasteiger partial charge in [-0.05, 0) is 24.6 Å². The Hall–Kier alpha value is -1.08. The van der Waals surface area contributed by atoms with E-state index in [9.17, 15) is 0 Å². The van der Waals surface area contributed by atoms with Crippen molar-refractivity contribution in [3.63, 3.8) is 0 Å². The third kappa shape index (κ3) is 3.35. The van der Waals surface area contributed by atoms with E-state index in [1.807, 2.05) is 13.0 Å². The molecule has 1 nitrogen and oxygen atoms in total. The van der Waals surface area contributed by atoms with Crippen molar-refractivity contribution in [2.75, 3.05) is 0 Å². The van der Waals surface area contributed by atoms with Gasteiger partial charge in [-0.3, -0.25) is 0 Å². The van der Waals surface area contributed by atoms with Crippen molar-refractivity contribution >= 4 is 17.2 Å². The van der Waals surface area contributed by atoms with E-state index in [-0.39, 0.29) is 0 Å². The maximum Gasteiger partial charge on any atom is 0.129 e. The van der Waals surface area contributed by atoms with Gasteiger partial charge in [-0.25, -0.2) is 4.98 Å². The number of hydrogen-bond donors (Lipinski definition) is 0. The molecule has 1 heterocycles. The van der Waals surface area contributed by atoms with Crippen molar-refractivity contribution in [1.82, 2.24) is 4.98 Å². The minimum absolute atomic E-state index is 0.514. The lowest BCUT2D eigenvalue weighted by Gasteiger charge is -1.96. The summed E-state index contributed by atoms with van der Waals surface area (Å²) in [5.41, 5.74) is 2.05. The molecule has 0 saturated heterocycles. The molecule has 2 heteroatoms. The highest BCUT2D eigenvalue weighted by Crippen LogP contribution is 2.13. The van der Waals surface area contributed by atoms with Crippen LogP contribution in [-0.4, -0.2) is 4.98 Å². The molecule has 0 atom stereocenters. The van der Waals surface area contributed by atoms with E-state index in [1.165, 1.54) is 0 Å². The normalized spacial score (nSPS) is 8.17. The van der Waals surface area contributed by atoms with Crippen LogP contribution in [-0.2, 0) is 0 Å². The first-order valence-electron chi connectivity index (χ1n) is 3.47. The van der Waals surface area contributed by atoms with E-state index in [0.29, 0.717) is 5.15 Å². The summed E-state index contributed by atoms with van der Waals surface area (Å²) >= 11 is 5.64. The Kier molecular flexibility index (Phi) is 5.06. The standard InChI is InChI=1S/C8H8ClN.C2H4/c1-6(2)7-3-4-10-8(9)5-7;1-2/h3-5H,1H2,2H3;1-2H2. The molecule has 0 fully saturated rings. The zero-order valence-electron chi connectivity index (χ0n) is 7.18. The van der Waals surface area contributed by atoms with Gasteiger partial charge in [0.25, 0.3) is 0 Å². The highest BCUT2D eigenvalue weighted by atomic mass is 35.5. The first-order chi connectivity index (χ1) is 5.70. The predicted octanol–water partition coefficient (Wildman–Crippen LogP) is 3.57. The Balaban J connectivity index is 0.000000561. The summed E-state index contributed by atoms with van der Waals surface area (Å²) < 4.78 is 0. The zero-order chi connectivity index (χ0) is 9.56. The topological polar surface area (TPSA) is 12.9 Å². The van der Waals surface area contributed by atoms with Gasteiger partial charge in [-0.2, -0.15) is 0 Å². The van der Waals surface area contributed by atoms with Crippen LogP contribution in [0.25, 0.3) is 5.57 Å². The molecule has 0 spiro atoms. The minimum atomic E-state index is 0.514. The molecule has 12 heavy (non-hydrogen) atoms. The molecule has 1 aromatic rings. The third-order valence-corrected chi connectivity index (χ3v) is 1.43. The summed E-state index contributed by atoms with van der Waals surface area (Å²) in [5, 5.41) is 0.514. The van der Waals surface area contributed by atoms with Crippen LogP contribution in [0.3, 0.4) is 0 Å². The first-order valence-corrected chi connectivity index (χ1v) is 3.85. The Morgan fingerprint density at radius 1 is 1.50 bits per heavy atom. The zero-order valence-corrected chi connectivity index (χ0v) is 7.93. The van der Waals surface area contributed by atoms with E-state index < -0.39 is 0 Å². The second kappa shape index (κ2) is 5.56. The number of nitrogens with zero attached hydrogens (tertiary/aromatic N) is 1. The van der Waals surface area contributed by atoms with E-state index in [1.54, 1.807) is 12.3 Å². The van der Waals surface area contributed by atoms with Gasteiger partial charge in [0.05, 0.1) is 0 Å². The van der Waals surface area contributed by atoms with Gasteiger partial charge in [-0.1, -0.05) is 23.8 Å².